The molecule has 0 amide bonds. The van der Waals surface area contributed by atoms with Crippen molar-refractivity contribution in [1.29, 1.82) is 0 Å². The molecule has 2 atom stereocenters. The standard InChI is InChI=1S/C45H31N3O/c1-2-10-28(11-3-1)33-22-23-38-40(27-33)49-42-37-17-9-8-16-34(37)26-39(41(38)42)45-47-43(35-20-18-29-12-4-6-14-31(29)24-35)46-44(48-45)36-21-19-30-13-5-7-15-32(30)25-36/h1-27,43,45,47H,(H,46,48). The van der Waals surface area contributed by atoms with Crippen molar-refractivity contribution in [3.05, 3.63) is 180 Å². The molecule has 49 heavy (non-hydrogen) atoms. The second kappa shape index (κ2) is 11.2. The van der Waals surface area contributed by atoms with Crippen molar-refractivity contribution in [2.75, 3.05) is 0 Å². The number of aliphatic imine (C=N–C) groups is 1. The van der Waals surface area contributed by atoms with Crippen molar-refractivity contribution in [2.45, 2.75) is 12.3 Å². The minimum absolute atomic E-state index is 0.253. The Balaban J connectivity index is 1.17. The quantitative estimate of drug-likeness (QED) is 0.204. The van der Waals surface area contributed by atoms with Crippen LogP contribution in [-0.2, 0) is 0 Å². The number of amidine groups is 1. The number of rotatable bonds is 4. The van der Waals surface area contributed by atoms with Gasteiger partial charge in [0.25, 0.3) is 0 Å². The molecule has 232 valence electrons. The summed E-state index contributed by atoms with van der Waals surface area (Å²) in [5.74, 6) is 0.855. The highest BCUT2D eigenvalue weighted by atomic mass is 16.3. The first-order valence-electron chi connectivity index (χ1n) is 16.8. The maximum Gasteiger partial charge on any atom is 0.143 e. The second-order valence-electron chi connectivity index (χ2n) is 12.9. The molecule has 0 bridgehead atoms. The van der Waals surface area contributed by atoms with Gasteiger partial charge in [-0.05, 0) is 74.0 Å². The smallest absolute Gasteiger partial charge is 0.143 e. The van der Waals surface area contributed by atoms with Crippen LogP contribution >= 0.6 is 0 Å². The minimum Gasteiger partial charge on any atom is -0.455 e. The summed E-state index contributed by atoms with van der Waals surface area (Å²) < 4.78 is 6.79. The molecule has 2 heterocycles. The van der Waals surface area contributed by atoms with Gasteiger partial charge in [-0.25, -0.2) is 4.99 Å². The number of nitrogens with one attached hydrogen (secondary N) is 2. The lowest BCUT2D eigenvalue weighted by molar-refractivity contribution is 0.411. The molecule has 1 aromatic heterocycles. The Bertz CT molecular complexity index is 2740. The Morgan fingerprint density at radius 1 is 0.490 bits per heavy atom. The summed E-state index contributed by atoms with van der Waals surface area (Å²) in [6.45, 7) is 0. The summed E-state index contributed by atoms with van der Waals surface area (Å²) in [5, 5.41) is 17.0. The molecule has 0 fully saturated rings. The molecule has 0 radical (unpaired) electrons. The van der Waals surface area contributed by atoms with Gasteiger partial charge in [0.2, 0.25) is 0 Å². The summed E-state index contributed by atoms with van der Waals surface area (Å²) in [5.41, 5.74) is 7.36. The summed E-state index contributed by atoms with van der Waals surface area (Å²) in [6.07, 6.45) is -0.529. The molecule has 2 unspecified atom stereocenters. The Morgan fingerprint density at radius 3 is 1.98 bits per heavy atom. The van der Waals surface area contributed by atoms with Gasteiger partial charge in [0.1, 0.15) is 29.3 Å². The number of fused-ring (bicyclic) bond motifs is 7. The highest BCUT2D eigenvalue weighted by Crippen LogP contribution is 2.41. The summed E-state index contributed by atoms with van der Waals surface area (Å²) in [6, 6.07) is 58.1. The average Bonchev–Trinajstić information content (AvgIpc) is 3.57. The summed E-state index contributed by atoms with van der Waals surface area (Å²) in [4.78, 5) is 5.32. The number of hydrogen-bond acceptors (Lipinski definition) is 4. The molecule has 4 heteroatoms. The molecule has 0 aliphatic carbocycles. The monoisotopic (exact) mass is 629 g/mol. The zero-order chi connectivity index (χ0) is 32.3. The van der Waals surface area contributed by atoms with E-state index in [1.54, 1.807) is 0 Å². The molecule has 2 N–H and O–H groups in total. The maximum absolute atomic E-state index is 6.79. The molecule has 8 aromatic carbocycles. The third-order valence-electron chi connectivity index (χ3n) is 9.89. The van der Waals surface area contributed by atoms with Gasteiger partial charge in [-0.2, -0.15) is 0 Å². The van der Waals surface area contributed by atoms with Gasteiger partial charge in [0.05, 0.1) is 0 Å². The van der Waals surface area contributed by atoms with Gasteiger partial charge in [-0.3, -0.25) is 5.32 Å². The zero-order valence-electron chi connectivity index (χ0n) is 26.6. The van der Waals surface area contributed by atoms with E-state index in [2.05, 4.69) is 168 Å². The molecule has 10 rings (SSSR count). The van der Waals surface area contributed by atoms with Crippen LogP contribution in [0.3, 0.4) is 0 Å². The third kappa shape index (κ3) is 4.76. The first-order valence-corrected chi connectivity index (χ1v) is 16.8. The first kappa shape index (κ1) is 27.8. The second-order valence-corrected chi connectivity index (χ2v) is 12.9. The van der Waals surface area contributed by atoms with E-state index in [9.17, 15) is 0 Å². The van der Waals surface area contributed by atoms with Gasteiger partial charge in [0.15, 0.2) is 0 Å². The van der Waals surface area contributed by atoms with Gasteiger partial charge in [-0.15, -0.1) is 0 Å². The SMILES string of the molecule is c1ccc(-c2ccc3c(c2)oc2c4ccccc4cc(C4NC(c5ccc6ccccc6c5)=NC(c5ccc6ccccc6c5)N4)c32)cc1. The lowest BCUT2D eigenvalue weighted by atomic mass is 9.96. The van der Waals surface area contributed by atoms with Crippen molar-refractivity contribution in [3.63, 3.8) is 0 Å². The van der Waals surface area contributed by atoms with E-state index in [1.165, 1.54) is 27.1 Å². The average molecular weight is 630 g/mol. The number of hydrogen-bond donors (Lipinski definition) is 2. The fourth-order valence-electron chi connectivity index (χ4n) is 7.43. The number of furan rings is 1. The van der Waals surface area contributed by atoms with Gasteiger partial charge in [0, 0.05) is 27.3 Å². The van der Waals surface area contributed by atoms with Crippen molar-refractivity contribution in [1.82, 2.24) is 10.6 Å². The van der Waals surface area contributed by atoms with E-state index in [1.807, 2.05) is 6.07 Å². The Labute approximate surface area is 283 Å². The molecule has 9 aromatic rings. The fraction of sp³-hybridized carbons (Fsp3) is 0.0444. The normalized spacial score (nSPS) is 16.4. The largest absolute Gasteiger partial charge is 0.455 e. The topological polar surface area (TPSA) is 49.6 Å². The molecule has 0 saturated heterocycles. The van der Waals surface area contributed by atoms with Crippen LogP contribution in [0.5, 0.6) is 0 Å². The van der Waals surface area contributed by atoms with Crippen LogP contribution < -0.4 is 10.6 Å². The van der Waals surface area contributed by atoms with E-state index >= 15 is 0 Å². The minimum atomic E-state index is -0.276. The van der Waals surface area contributed by atoms with Crippen molar-refractivity contribution < 1.29 is 4.42 Å². The van der Waals surface area contributed by atoms with E-state index in [-0.39, 0.29) is 12.3 Å². The van der Waals surface area contributed by atoms with Crippen molar-refractivity contribution in [2.24, 2.45) is 4.99 Å². The molecule has 4 nitrogen and oxygen atoms in total. The predicted molar refractivity (Wildman–Crippen MR) is 203 cm³/mol. The van der Waals surface area contributed by atoms with Gasteiger partial charge < -0.3 is 9.73 Å². The maximum atomic E-state index is 6.79. The van der Waals surface area contributed by atoms with E-state index in [4.69, 9.17) is 9.41 Å². The third-order valence-corrected chi connectivity index (χ3v) is 9.89. The molecule has 0 saturated carbocycles. The zero-order valence-corrected chi connectivity index (χ0v) is 26.6. The Kier molecular flexibility index (Phi) is 6.36. The van der Waals surface area contributed by atoms with Crippen LogP contribution in [0.2, 0.25) is 0 Å². The molecular formula is C45H31N3O. The number of nitrogens with zero attached hydrogens (tertiary/aromatic N) is 1. The van der Waals surface area contributed by atoms with Crippen LogP contribution in [0, 0.1) is 0 Å². The van der Waals surface area contributed by atoms with Gasteiger partial charge >= 0.3 is 0 Å². The van der Waals surface area contributed by atoms with Crippen molar-refractivity contribution in [3.8, 4) is 11.1 Å². The van der Waals surface area contributed by atoms with E-state index < -0.39 is 0 Å². The van der Waals surface area contributed by atoms with Crippen LogP contribution in [0.4, 0.5) is 0 Å². The van der Waals surface area contributed by atoms with E-state index in [0.717, 1.165) is 60.8 Å². The number of benzene rings is 8. The summed E-state index contributed by atoms with van der Waals surface area (Å²) >= 11 is 0. The predicted octanol–water partition coefficient (Wildman–Crippen LogP) is 11.0. The highest BCUT2D eigenvalue weighted by molar-refractivity contribution is 6.17. The summed E-state index contributed by atoms with van der Waals surface area (Å²) in [7, 11) is 0. The first-order chi connectivity index (χ1) is 24.2. The van der Waals surface area contributed by atoms with Crippen LogP contribution in [-0.4, -0.2) is 5.84 Å². The molecule has 1 aliphatic rings. The molecule has 1 aliphatic heterocycles. The van der Waals surface area contributed by atoms with Crippen molar-refractivity contribution >= 4 is 60.1 Å². The lowest BCUT2D eigenvalue weighted by Crippen LogP contribution is -2.45. The Hall–Kier alpha value is -6.23. The molecular weight excluding hydrogens is 599 g/mol. The van der Waals surface area contributed by atoms with Gasteiger partial charge in [-0.1, -0.05) is 133 Å². The van der Waals surface area contributed by atoms with Crippen LogP contribution in [0.25, 0.3) is 65.4 Å². The van der Waals surface area contributed by atoms with E-state index in [0.29, 0.717) is 0 Å². The van der Waals surface area contributed by atoms with Crippen LogP contribution in [0.15, 0.2) is 173 Å². The fourth-order valence-corrected chi connectivity index (χ4v) is 7.43. The Morgan fingerprint density at radius 2 is 1.16 bits per heavy atom. The highest BCUT2D eigenvalue weighted by Gasteiger charge is 2.29. The molecule has 0 spiro atoms. The lowest BCUT2D eigenvalue weighted by Gasteiger charge is -2.33. The van der Waals surface area contributed by atoms with Crippen LogP contribution in [0.1, 0.15) is 29.0 Å².